The summed E-state index contributed by atoms with van der Waals surface area (Å²) in [5, 5.41) is 6.69. The largest absolute Gasteiger partial charge is 0.316 e. The lowest BCUT2D eigenvalue weighted by Crippen LogP contribution is -2.28. The van der Waals surface area contributed by atoms with Crippen molar-refractivity contribution in [3.8, 4) is 0 Å². The molecule has 0 aliphatic carbocycles. The predicted octanol–water partition coefficient (Wildman–Crippen LogP) is 2.25. The van der Waals surface area contributed by atoms with Gasteiger partial charge in [0.2, 0.25) is 0 Å². The van der Waals surface area contributed by atoms with E-state index in [2.05, 4.69) is 45.6 Å². The molecule has 4 heteroatoms. The van der Waals surface area contributed by atoms with Crippen molar-refractivity contribution in [1.29, 1.82) is 0 Å². The highest BCUT2D eigenvalue weighted by Crippen LogP contribution is 2.21. The Balaban J connectivity index is 1.99. The maximum absolute atomic E-state index is 3.46. The molecule has 14 heavy (non-hydrogen) atoms. The highest BCUT2D eigenvalue weighted by molar-refractivity contribution is 9.11. The Morgan fingerprint density at radius 2 is 2.00 bits per heavy atom. The first kappa shape index (κ1) is 12.2. The Morgan fingerprint density at radius 1 is 1.21 bits per heavy atom. The SMILES string of the molecule is CCNCCNCCc1ccc(Br)s1. The first-order valence-electron chi connectivity index (χ1n) is 4.98. The molecule has 1 rings (SSSR count). The summed E-state index contributed by atoms with van der Waals surface area (Å²) >= 11 is 5.28. The topological polar surface area (TPSA) is 24.1 Å². The maximum atomic E-state index is 3.46. The molecule has 1 aromatic rings. The second-order valence-corrected chi connectivity index (χ2v) is 5.61. The number of likely N-dealkylation sites (N-methyl/N-ethyl adjacent to an activating group) is 1. The highest BCUT2D eigenvalue weighted by atomic mass is 79.9. The van der Waals surface area contributed by atoms with Crippen LogP contribution in [0.2, 0.25) is 0 Å². The monoisotopic (exact) mass is 276 g/mol. The number of halogens is 1. The fourth-order valence-corrected chi connectivity index (χ4v) is 2.66. The minimum atomic E-state index is 1.06. The van der Waals surface area contributed by atoms with Crippen LogP contribution in [-0.2, 0) is 6.42 Å². The molecule has 1 heterocycles. The standard InChI is InChI=1S/C10H17BrN2S/c1-2-12-7-8-13-6-5-9-3-4-10(11)14-9/h3-4,12-13H,2,5-8H2,1H3. The summed E-state index contributed by atoms with van der Waals surface area (Å²) in [5.74, 6) is 0. The zero-order valence-electron chi connectivity index (χ0n) is 8.48. The van der Waals surface area contributed by atoms with Gasteiger partial charge in [-0.1, -0.05) is 6.92 Å². The zero-order chi connectivity index (χ0) is 10.2. The Bertz CT molecular complexity index is 250. The van der Waals surface area contributed by atoms with Crippen molar-refractivity contribution in [2.24, 2.45) is 0 Å². The molecule has 2 N–H and O–H groups in total. The molecule has 0 bridgehead atoms. The molecular weight excluding hydrogens is 260 g/mol. The molecule has 0 saturated carbocycles. The normalized spacial score (nSPS) is 10.7. The van der Waals surface area contributed by atoms with E-state index in [0.717, 1.165) is 32.6 Å². The summed E-state index contributed by atoms with van der Waals surface area (Å²) in [6.45, 7) is 6.37. The molecule has 0 radical (unpaired) electrons. The first-order chi connectivity index (χ1) is 6.83. The van der Waals surface area contributed by atoms with Gasteiger partial charge in [0.25, 0.3) is 0 Å². The fourth-order valence-electron chi connectivity index (χ4n) is 1.18. The van der Waals surface area contributed by atoms with E-state index < -0.39 is 0 Å². The lowest BCUT2D eigenvalue weighted by Gasteiger charge is -2.03. The summed E-state index contributed by atoms with van der Waals surface area (Å²) in [7, 11) is 0. The van der Waals surface area contributed by atoms with Gasteiger partial charge in [-0.25, -0.2) is 0 Å². The van der Waals surface area contributed by atoms with Crippen molar-refractivity contribution in [1.82, 2.24) is 10.6 Å². The molecule has 80 valence electrons. The number of rotatable bonds is 7. The van der Waals surface area contributed by atoms with Gasteiger partial charge >= 0.3 is 0 Å². The van der Waals surface area contributed by atoms with E-state index >= 15 is 0 Å². The van der Waals surface area contributed by atoms with Crippen molar-refractivity contribution in [3.05, 3.63) is 20.8 Å². The lowest BCUT2D eigenvalue weighted by atomic mass is 10.3. The van der Waals surface area contributed by atoms with Crippen LogP contribution < -0.4 is 10.6 Å². The van der Waals surface area contributed by atoms with Crippen LogP contribution in [0.5, 0.6) is 0 Å². The quantitative estimate of drug-likeness (QED) is 0.747. The number of thiophene rings is 1. The van der Waals surface area contributed by atoms with Crippen LogP contribution in [0.4, 0.5) is 0 Å². The molecular formula is C10H17BrN2S. The van der Waals surface area contributed by atoms with Crippen LogP contribution in [0.25, 0.3) is 0 Å². The lowest BCUT2D eigenvalue weighted by molar-refractivity contribution is 0.626. The Kier molecular flexibility index (Phi) is 6.43. The number of nitrogens with one attached hydrogen (secondary N) is 2. The summed E-state index contributed by atoms with van der Waals surface area (Å²) in [4.78, 5) is 1.44. The van der Waals surface area contributed by atoms with E-state index in [1.807, 2.05) is 11.3 Å². The maximum Gasteiger partial charge on any atom is 0.0701 e. The van der Waals surface area contributed by atoms with Crippen molar-refractivity contribution in [2.45, 2.75) is 13.3 Å². The molecule has 0 spiro atoms. The van der Waals surface area contributed by atoms with Crippen molar-refractivity contribution in [2.75, 3.05) is 26.2 Å². The van der Waals surface area contributed by atoms with Crippen LogP contribution in [0.1, 0.15) is 11.8 Å². The van der Waals surface area contributed by atoms with Gasteiger partial charge in [-0.2, -0.15) is 0 Å². The third kappa shape index (κ3) is 5.10. The second kappa shape index (κ2) is 7.40. The summed E-state index contributed by atoms with van der Waals surface area (Å²) in [6, 6.07) is 4.29. The first-order valence-corrected chi connectivity index (χ1v) is 6.59. The third-order valence-corrected chi connectivity index (χ3v) is 3.59. The van der Waals surface area contributed by atoms with Gasteiger partial charge < -0.3 is 10.6 Å². The van der Waals surface area contributed by atoms with Crippen LogP contribution in [-0.4, -0.2) is 26.2 Å². The summed E-state index contributed by atoms with van der Waals surface area (Å²) in [5.41, 5.74) is 0. The van der Waals surface area contributed by atoms with Gasteiger partial charge in [-0.3, -0.25) is 0 Å². The van der Waals surface area contributed by atoms with E-state index in [0.29, 0.717) is 0 Å². The van der Waals surface area contributed by atoms with Crippen molar-refractivity contribution >= 4 is 27.3 Å². The number of hydrogen-bond acceptors (Lipinski definition) is 3. The van der Waals surface area contributed by atoms with Crippen molar-refractivity contribution < 1.29 is 0 Å². The third-order valence-electron chi connectivity index (χ3n) is 1.91. The van der Waals surface area contributed by atoms with Crippen LogP contribution >= 0.6 is 27.3 Å². The average Bonchev–Trinajstić information content (AvgIpc) is 2.58. The van der Waals surface area contributed by atoms with E-state index in [1.54, 1.807) is 0 Å². The van der Waals surface area contributed by atoms with Gasteiger partial charge in [-0.15, -0.1) is 11.3 Å². The molecule has 0 saturated heterocycles. The Labute approximate surface area is 98.2 Å². The molecule has 0 fully saturated rings. The smallest absolute Gasteiger partial charge is 0.0701 e. The van der Waals surface area contributed by atoms with E-state index in [-0.39, 0.29) is 0 Å². The van der Waals surface area contributed by atoms with Gasteiger partial charge in [-0.05, 0) is 41.0 Å². The van der Waals surface area contributed by atoms with Gasteiger partial charge in [0.15, 0.2) is 0 Å². The van der Waals surface area contributed by atoms with Crippen molar-refractivity contribution in [3.63, 3.8) is 0 Å². The molecule has 0 aliphatic heterocycles. The fraction of sp³-hybridized carbons (Fsp3) is 0.600. The molecule has 0 aliphatic rings. The van der Waals surface area contributed by atoms with E-state index in [9.17, 15) is 0 Å². The minimum Gasteiger partial charge on any atom is -0.316 e. The highest BCUT2D eigenvalue weighted by Gasteiger charge is 1.96. The van der Waals surface area contributed by atoms with Gasteiger partial charge in [0.05, 0.1) is 3.79 Å². The minimum absolute atomic E-state index is 1.06. The van der Waals surface area contributed by atoms with Gasteiger partial charge in [0, 0.05) is 24.5 Å². The van der Waals surface area contributed by atoms with E-state index in [4.69, 9.17) is 0 Å². The molecule has 0 aromatic carbocycles. The molecule has 2 nitrogen and oxygen atoms in total. The molecule has 0 unspecified atom stereocenters. The van der Waals surface area contributed by atoms with Crippen LogP contribution in [0, 0.1) is 0 Å². The summed E-state index contributed by atoms with van der Waals surface area (Å²) in [6.07, 6.45) is 1.13. The molecule has 1 aromatic heterocycles. The van der Waals surface area contributed by atoms with Crippen LogP contribution in [0.15, 0.2) is 15.9 Å². The van der Waals surface area contributed by atoms with E-state index in [1.165, 1.54) is 8.66 Å². The van der Waals surface area contributed by atoms with Crippen LogP contribution in [0.3, 0.4) is 0 Å². The number of hydrogen-bond donors (Lipinski definition) is 2. The average molecular weight is 277 g/mol. The molecule has 0 amide bonds. The van der Waals surface area contributed by atoms with Gasteiger partial charge in [0.1, 0.15) is 0 Å². The second-order valence-electron chi connectivity index (χ2n) is 3.06. The Hall–Kier alpha value is 0.1000. The molecule has 0 atom stereocenters. The zero-order valence-corrected chi connectivity index (χ0v) is 10.9. The Morgan fingerprint density at radius 3 is 2.64 bits per heavy atom. The summed E-state index contributed by atoms with van der Waals surface area (Å²) < 4.78 is 1.22. The predicted molar refractivity (Wildman–Crippen MR) is 67.1 cm³/mol.